The maximum atomic E-state index is 6.12. The standard InChI is InChI=1S/C16H24ClNOS/c1-2-3-9-19-10-4-8-18-15-7-11-20-16-6-5-13(17)12-14(15)16/h5-6,12,15,18H,2-4,7-11H2,1H3. The Hall–Kier alpha value is -0.220. The highest BCUT2D eigenvalue weighted by atomic mass is 35.5. The molecule has 2 nitrogen and oxygen atoms in total. The normalized spacial score (nSPS) is 18.0. The second kappa shape index (κ2) is 8.93. The van der Waals surface area contributed by atoms with Crippen molar-refractivity contribution < 1.29 is 4.74 Å². The number of rotatable bonds is 8. The number of nitrogens with one attached hydrogen (secondary N) is 1. The molecular formula is C16H24ClNOS. The van der Waals surface area contributed by atoms with Crippen molar-refractivity contribution in [3.8, 4) is 0 Å². The second-order valence-corrected chi connectivity index (χ2v) is 6.72. The van der Waals surface area contributed by atoms with Gasteiger partial charge in [-0.1, -0.05) is 24.9 Å². The molecule has 0 amide bonds. The Morgan fingerprint density at radius 3 is 3.05 bits per heavy atom. The predicted octanol–water partition coefficient (Wildman–Crippen LogP) is 4.67. The van der Waals surface area contributed by atoms with E-state index in [1.807, 2.05) is 17.8 Å². The molecule has 2 rings (SSSR count). The molecule has 0 bridgehead atoms. The molecule has 1 aromatic rings. The van der Waals surface area contributed by atoms with Gasteiger partial charge in [-0.05, 0) is 55.3 Å². The zero-order valence-electron chi connectivity index (χ0n) is 12.2. The van der Waals surface area contributed by atoms with Crippen molar-refractivity contribution in [2.24, 2.45) is 0 Å². The maximum absolute atomic E-state index is 6.12. The third-order valence-electron chi connectivity index (χ3n) is 3.51. The topological polar surface area (TPSA) is 21.3 Å². The van der Waals surface area contributed by atoms with Gasteiger partial charge in [-0.3, -0.25) is 0 Å². The summed E-state index contributed by atoms with van der Waals surface area (Å²) >= 11 is 8.05. The molecule has 0 saturated heterocycles. The second-order valence-electron chi connectivity index (χ2n) is 5.15. The number of unbranched alkanes of at least 4 members (excludes halogenated alkanes) is 1. The molecule has 0 fully saturated rings. The summed E-state index contributed by atoms with van der Waals surface area (Å²) in [5, 5.41) is 4.48. The van der Waals surface area contributed by atoms with Crippen molar-refractivity contribution in [2.45, 2.75) is 43.5 Å². The smallest absolute Gasteiger partial charge is 0.0478 e. The summed E-state index contributed by atoms with van der Waals surface area (Å²) in [4.78, 5) is 1.37. The molecule has 1 aliphatic rings. The van der Waals surface area contributed by atoms with Gasteiger partial charge in [0.15, 0.2) is 0 Å². The number of fused-ring (bicyclic) bond motifs is 1. The van der Waals surface area contributed by atoms with Crippen LogP contribution in [0.5, 0.6) is 0 Å². The summed E-state index contributed by atoms with van der Waals surface area (Å²) in [7, 11) is 0. The number of hydrogen-bond donors (Lipinski definition) is 1. The van der Waals surface area contributed by atoms with Crippen LogP contribution < -0.4 is 5.32 Å². The van der Waals surface area contributed by atoms with E-state index in [1.54, 1.807) is 0 Å². The fraction of sp³-hybridized carbons (Fsp3) is 0.625. The van der Waals surface area contributed by atoms with Crippen LogP contribution in [0.1, 0.15) is 44.2 Å². The average Bonchev–Trinajstić information content (AvgIpc) is 2.46. The molecule has 4 heteroatoms. The van der Waals surface area contributed by atoms with Crippen molar-refractivity contribution in [1.82, 2.24) is 5.32 Å². The van der Waals surface area contributed by atoms with Gasteiger partial charge in [0.25, 0.3) is 0 Å². The first kappa shape index (κ1) is 16.2. The third kappa shape index (κ3) is 4.96. The van der Waals surface area contributed by atoms with E-state index >= 15 is 0 Å². The molecule has 0 aliphatic carbocycles. The molecule has 1 N–H and O–H groups in total. The van der Waals surface area contributed by atoms with Crippen molar-refractivity contribution in [3.63, 3.8) is 0 Å². The van der Waals surface area contributed by atoms with E-state index < -0.39 is 0 Å². The molecule has 1 aromatic carbocycles. The lowest BCUT2D eigenvalue weighted by Gasteiger charge is -2.26. The molecular weight excluding hydrogens is 290 g/mol. The molecule has 0 spiro atoms. The minimum absolute atomic E-state index is 0.445. The van der Waals surface area contributed by atoms with Crippen LogP contribution in [0.3, 0.4) is 0 Å². The van der Waals surface area contributed by atoms with Gasteiger partial charge in [0.1, 0.15) is 0 Å². The van der Waals surface area contributed by atoms with Gasteiger partial charge in [0.2, 0.25) is 0 Å². The number of thioether (sulfide) groups is 1. The number of hydrogen-bond acceptors (Lipinski definition) is 3. The van der Waals surface area contributed by atoms with Gasteiger partial charge in [0.05, 0.1) is 0 Å². The lowest BCUT2D eigenvalue weighted by molar-refractivity contribution is 0.128. The van der Waals surface area contributed by atoms with Crippen LogP contribution >= 0.6 is 23.4 Å². The van der Waals surface area contributed by atoms with Gasteiger partial charge in [-0.15, -0.1) is 11.8 Å². The Balaban J connectivity index is 1.73. The van der Waals surface area contributed by atoms with Crippen LogP contribution in [0.25, 0.3) is 0 Å². The zero-order chi connectivity index (χ0) is 14.2. The molecule has 1 aliphatic heterocycles. The fourth-order valence-electron chi connectivity index (χ4n) is 2.38. The van der Waals surface area contributed by atoms with E-state index in [0.717, 1.165) is 31.2 Å². The van der Waals surface area contributed by atoms with E-state index in [2.05, 4.69) is 24.4 Å². The third-order valence-corrected chi connectivity index (χ3v) is 4.87. The Bertz CT molecular complexity index is 413. The maximum Gasteiger partial charge on any atom is 0.0478 e. The van der Waals surface area contributed by atoms with E-state index in [0.29, 0.717) is 6.04 Å². The van der Waals surface area contributed by atoms with Crippen LogP contribution in [-0.4, -0.2) is 25.5 Å². The van der Waals surface area contributed by atoms with Crippen LogP contribution in [0.4, 0.5) is 0 Å². The van der Waals surface area contributed by atoms with E-state index in [9.17, 15) is 0 Å². The number of ether oxygens (including phenoxy) is 1. The van der Waals surface area contributed by atoms with Crippen LogP contribution in [-0.2, 0) is 4.74 Å². The summed E-state index contributed by atoms with van der Waals surface area (Å²) in [6.07, 6.45) is 4.62. The van der Waals surface area contributed by atoms with Gasteiger partial charge in [-0.2, -0.15) is 0 Å². The van der Waals surface area contributed by atoms with Gasteiger partial charge in [0, 0.05) is 29.2 Å². The SMILES string of the molecule is CCCCOCCCNC1CCSc2ccc(Cl)cc21. The highest BCUT2D eigenvalue weighted by Crippen LogP contribution is 2.37. The summed E-state index contributed by atoms with van der Waals surface area (Å²) in [5.74, 6) is 1.18. The molecule has 0 radical (unpaired) electrons. The van der Waals surface area contributed by atoms with Crippen molar-refractivity contribution in [3.05, 3.63) is 28.8 Å². The van der Waals surface area contributed by atoms with Crippen LogP contribution in [0.15, 0.2) is 23.1 Å². The van der Waals surface area contributed by atoms with Crippen molar-refractivity contribution in [2.75, 3.05) is 25.5 Å². The summed E-state index contributed by atoms with van der Waals surface area (Å²) in [6.45, 7) is 4.95. The Kier molecular flexibility index (Phi) is 7.22. The molecule has 112 valence electrons. The molecule has 1 atom stereocenters. The lowest BCUT2D eigenvalue weighted by atomic mass is 10.0. The monoisotopic (exact) mass is 313 g/mol. The Morgan fingerprint density at radius 2 is 2.20 bits per heavy atom. The molecule has 1 heterocycles. The van der Waals surface area contributed by atoms with E-state index in [4.69, 9.17) is 16.3 Å². The van der Waals surface area contributed by atoms with E-state index in [1.165, 1.54) is 35.5 Å². The number of halogens is 1. The van der Waals surface area contributed by atoms with Gasteiger partial charge < -0.3 is 10.1 Å². The summed E-state index contributed by atoms with van der Waals surface area (Å²) < 4.78 is 5.59. The first-order valence-corrected chi connectivity index (χ1v) is 8.91. The quantitative estimate of drug-likeness (QED) is 0.704. The van der Waals surface area contributed by atoms with Crippen LogP contribution in [0, 0.1) is 0 Å². The largest absolute Gasteiger partial charge is 0.381 e. The van der Waals surface area contributed by atoms with Gasteiger partial charge >= 0.3 is 0 Å². The summed E-state index contributed by atoms with van der Waals surface area (Å²) in [5.41, 5.74) is 1.36. The average molecular weight is 314 g/mol. The van der Waals surface area contributed by atoms with E-state index in [-0.39, 0.29) is 0 Å². The molecule has 1 unspecified atom stereocenters. The Labute approximate surface area is 131 Å². The van der Waals surface area contributed by atoms with Gasteiger partial charge in [-0.25, -0.2) is 0 Å². The minimum Gasteiger partial charge on any atom is -0.381 e. The highest BCUT2D eigenvalue weighted by Gasteiger charge is 2.20. The summed E-state index contributed by atoms with van der Waals surface area (Å²) in [6, 6.07) is 6.68. The Morgan fingerprint density at radius 1 is 1.35 bits per heavy atom. The minimum atomic E-state index is 0.445. The fourth-order valence-corrected chi connectivity index (χ4v) is 3.66. The zero-order valence-corrected chi connectivity index (χ0v) is 13.7. The molecule has 0 saturated carbocycles. The molecule has 0 aromatic heterocycles. The van der Waals surface area contributed by atoms with Crippen LogP contribution in [0.2, 0.25) is 5.02 Å². The highest BCUT2D eigenvalue weighted by molar-refractivity contribution is 7.99. The first-order valence-electron chi connectivity index (χ1n) is 7.54. The lowest BCUT2D eigenvalue weighted by Crippen LogP contribution is -2.26. The molecule has 20 heavy (non-hydrogen) atoms. The first-order chi connectivity index (χ1) is 9.81. The van der Waals surface area contributed by atoms with Crippen molar-refractivity contribution in [1.29, 1.82) is 0 Å². The number of benzene rings is 1. The van der Waals surface area contributed by atoms with Crippen molar-refractivity contribution >= 4 is 23.4 Å². The predicted molar refractivity (Wildman–Crippen MR) is 87.9 cm³/mol.